The number of methoxy groups -OCH3 is 1. The standard InChI is InChI=1S/C13H18BrNO/c1-16-13(11-6-8-15-9-7-11)10-2-4-12(14)5-3-10/h2-5,11,13,15H,6-9H2,1H3. The Morgan fingerprint density at radius 2 is 1.88 bits per heavy atom. The second-order valence-corrected chi connectivity index (χ2v) is 5.21. The highest BCUT2D eigenvalue weighted by Gasteiger charge is 2.24. The molecule has 3 heteroatoms. The molecule has 0 bridgehead atoms. The van der Waals surface area contributed by atoms with Crippen LogP contribution in [-0.2, 0) is 4.74 Å². The van der Waals surface area contributed by atoms with Crippen LogP contribution in [-0.4, -0.2) is 20.2 Å². The zero-order valence-corrected chi connectivity index (χ0v) is 11.2. The second-order valence-electron chi connectivity index (χ2n) is 4.30. The summed E-state index contributed by atoms with van der Waals surface area (Å²) >= 11 is 3.46. The number of hydrogen-bond donors (Lipinski definition) is 1. The Labute approximate surface area is 106 Å². The van der Waals surface area contributed by atoms with Gasteiger partial charge in [-0.2, -0.15) is 0 Å². The Morgan fingerprint density at radius 3 is 2.44 bits per heavy atom. The van der Waals surface area contributed by atoms with Gasteiger partial charge in [0.15, 0.2) is 0 Å². The lowest BCUT2D eigenvalue weighted by Crippen LogP contribution is -2.31. The molecule has 0 spiro atoms. The van der Waals surface area contributed by atoms with Gasteiger partial charge in [-0.15, -0.1) is 0 Å². The fourth-order valence-electron chi connectivity index (χ4n) is 2.40. The van der Waals surface area contributed by atoms with Crippen molar-refractivity contribution in [2.24, 2.45) is 5.92 Å². The molecule has 1 saturated heterocycles. The van der Waals surface area contributed by atoms with Crippen LogP contribution in [0, 0.1) is 5.92 Å². The smallest absolute Gasteiger partial charge is 0.0850 e. The van der Waals surface area contributed by atoms with Gasteiger partial charge < -0.3 is 10.1 Å². The van der Waals surface area contributed by atoms with Crippen molar-refractivity contribution in [3.63, 3.8) is 0 Å². The molecule has 88 valence electrons. The molecule has 1 unspecified atom stereocenters. The van der Waals surface area contributed by atoms with Gasteiger partial charge in [0.2, 0.25) is 0 Å². The highest BCUT2D eigenvalue weighted by Crippen LogP contribution is 2.32. The lowest BCUT2D eigenvalue weighted by Gasteiger charge is -2.30. The molecule has 0 amide bonds. The van der Waals surface area contributed by atoms with E-state index in [0.717, 1.165) is 17.6 Å². The van der Waals surface area contributed by atoms with Crippen molar-refractivity contribution >= 4 is 15.9 Å². The Hall–Kier alpha value is -0.380. The van der Waals surface area contributed by atoms with E-state index in [9.17, 15) is 0 Å². The minimum Gasteiger partial charge on any atom is -0.376 e. The number of halogens is 1. The van der Waals surface area contributed by atoms with Crippen LogP contribution in [0.25, 0.3) is 0 Å². The van der Waals surface area contributed by atoms with Crippen LogP contribution >= 0.6 is 15.9 Å². The predicted octanol–water partition coefficient (Wildman–Crippen LogP) is 3.14. The second kappa shape index (κ2) is 5.80. The van der Waals surface area contributed by atoms with Gasteiger partial charge in [0.25, 0.3) is 0 Å². The fraction of sp³-hybridized carbons (Fsp3) is 0.538. The summed E-state index contributed by atoms with van der Waals surface area (Å²) in [6.45, 7) is 2.22. The molecular formula is C13H18BrNO. The number of rotatable bonds is 3. The van der Waals surface area contributed by atoms with E-state index in [4.69, 9.17) is 4.74 Å². The third kappa shape index (κ3) is 2.84. The fourth-order valence-corrected chi connectivity index (χ4v) is 2.66. The Bertz CT molecular complexity index is 319. The first-order valence-corrected chi connectivity index (χ1v) is 6.59. The molecule has 0 radical (unpaired) electrons. The average Bonchev–Trinajstić information content (AvgIpc) is 2.34. The molecular weight excluding hydrogens is 266 g/mol. The summed E-state index contributed by atoms with van der Waals surface area (Å²) in [5, 5.41) is 3.39. The monoisotopic (exact) mass is 283 g/mol. The predicted molar refractivity (Wildman–Crippen MR) is 69.5 cm³/mol. The number of ether oxygens (including phenoxy) is 1. The quantitative estimate of drug-likeness (QED) is 0.920. The van der Waals surface area contributed by atoms with Crippen molar-refractivity contribution in [1.29, 1.82) is 0 Å². The molecule has 1 aliphatic rings. The third-order valence-corrected chi connectivity index (χ3v) is 3.79. The van der Waals surface area contributed by atoms with Gasteiger partial charge in [-0.25, -0.2) is 0 Å². The topological polar surface area (TPSA) is 21.3 Å². The van der Waals surface area contributed by atoms with Crippen molar-refractivity contribution in [3.8, 4) is 0 Å². The van der Waals surface area contributed by atoms with Gasteiger partial charge in [-0.05, 0) is 49.5 Å². The molecule has 0 saturated carbocycles. The maximum atomic E-state index is 5.67. The van der Waals surface area contributed by atoms with Crippen LogP contribution < -0.4 is 5.32 Å². The zero-order valence-electron chi connectivity index (χ0n) is 9.58. The molecule has 0 aliphatic carbocycles. The summed E-state index contributed by atoms with van der Waals surface area (Å²) in [7, 11) is 1.81. The first-order valence-electron chi connectivity index (χ1n) is 5.80. The average molecular weight is 284 g/mol. The van der Waals surface area contributed by atoms with E-state index < -0.39 is 0 Å². The van der Waals surface area contributed by atoms with E-state index >= 15 is 0 Å². The van der Waals surface area contributed by atoms with Gasteiger partial charge in [-0.3, -0.25) is 0 Å². The normalized spacial score (nSPS) is 19.6. The molecule has 16 heavy (non-hydrogen) atoms. The van der Waals surface area contributed by atoms with Crippen molar-refractivity contribution < 1.29 is 4.74 Å². The van der Waals surface area contributed by atoms with E-state index in [-0.39, 0.29) is 6.10 Å². The van der Waals surface area contributed by atoms with Crippen LogP contribution in [0.2, 0.25) is 0 Å². The van der Waals surface area contributed by atoms with Crippen LogP contribution in [0.15, 0.2) is 28.7 Å². The number of piperidine rings is 1. The van der Waals surface area contributed by atoms with Gasteiger partial charge in [0.1, 0.15) is 0 Å². The molecule has 1 aliphatic heterocycles. The molecule has 2 rings (SSSR count). The van der Waals surface area contributed by atoms with Gasteiger partial charge in [0, 0.05) is 11.6 Å². The molecule has 1 fully saturated rings. The molecule has 0 aromatic heterocycles. The minimum atomic E-state index is 0.246. The number of nitrogens with one attached hydrogen (secondary N) is 1. The molecule has 1 N–H and O–H groups in total. The van der Waals surface area contributed by atoms with E-state index in [1.807, 2.05) is 7.11 Å². The molecule has 1 heterocycles. The zero-order chi connectivity index (χ0) is 11.4. The third-order valence-electron chi connectivity index (χ3n) is 3.26. The summed E-state index contributed by atoms with van der Waals surface area (Å²) in [5.74, 6) is 0.646. The van der Waals surface area contributed by atoms with Crippen molar-refractivity contribution in [2.75, 3.05) is 20.2 Å². The maximum absolute atomic E-state index is 5.67. The van der Waals surface area contributed by atoms with Crippen LogP contribution in [0.1, 0.15) is 24.5 Å². The molecule has 1 aromatic carbocycles. The lowest BCUT2D eigenvalue weighted by molar-refractivity contribution is 0.0383. The molecule has 1 aromatic rings. The van der Waals surface area contributed by atoms with Crippen LogP contribution in [0.5, 0.6) is 0 Å². The number of hydrogen-bond acceptors (Lipinski definition) is 2. The largest absolute Gasteiger partial charge is 0.376 e. The highest BCUT2D eigenvalue weighted by molar-refractivity contribution is 9.10. The summed E-state index contributed by atoms with van der Waals surface area (Å²) in [6.07, 6.45) is 2.65. The van der Waals surface area contributed by atoms with Gasteiger partial charge in [-0.1, -0.05) is 28.1 Å². The lowest BCUT2D eigenvalue weighted by atomic mass is 9.88. The molecule has 2 nitrogen and oxygen atoms in total. The van der Waals surface area contributed by atoms with E-state index in [1.54, 1.807) is 0 Å². The summed E-state index contributed by atoms with van der Waals surface area (Å²) < 4.78 is 6.79. The van der Waals surface area contributed by atoms with Gasteiger partial charge in [0.05, 0.1) is 6.10 Å². The molecule has 1 atom stereocenters. The Kier molecular flexibility index (Phi) is 4.38. The van der Waals surface area contributed by atoms with E-state index in [0.29, 0.717) is 5.92 Å². The van der Waals surface area contributed by atoms with Crippen molar-refractivity contribution in [3.05, 3.63) is 34.3 Å². The minimum absolute atomic E-state index is 0.246. The highest BCUT2D eigenvalue weighted by atomic mass is 79.9. The summed E-state index contributed by atoms with van der Waals surface area (Å²) in [5.41, 5.74) is 1.29. The first-order chi connectivity index (χ1) is 7.81. The maximum Gasteiger partial charge on any atom is 0.0850 e. The number of benzene rings is 1. The Balaban J connectivity index is 2.11. The van der Waals surface area contributed by atoms with E-state index in [1.165, 1.54) is 18.4 Å². The van der Waals surface area contributed by atoms with Crippen LogP contribution in [0.4, 0.5) is 0 Å². The Morgan fingerprint density at radius 1 is 1.25 bits per heavy atom. The summed E-state index contributed by atoms with van der Waals surface area (Å²) in [6, 6.07) is 8.48. The first kappa shape index (κ1) is 12.1. The SMILES string of the molecule is COC(c1ccc(Br)cc1)C1CCNCC1. The van der Waals surface area contributed by atoms with Crippen molar-refractivity contribution in [1.82, 2.24) is 5.32 Å². The van der Waals surface area contributed by atoms with Crippen LogP contribution in [0.3, 0.4) is 0 Å². The van der Waals surface area contributed by atoms with E-state index in [2.05, 4.69) is 45.5 Å². The van der Waals surface area contributed by atoms with Crippen molar-refractivity contribution in [2.45, 2.75) is 18.9 Å². The summed E-state index contributed by atoms with van der Waals surface area (Å²) in [4.78, 5) is 0. The van der Waals surface area contributed by atoms with Gasteiger partial charge >= 0.3 is 0 Å².